The number of rotatable bonds is 14. The number of methoxy groups -OCH3 is 1. The fourth-order valence-corrected chi connectivity index (χ4v) is 3.77. The second-order valence-electron chi connectivity index (χ2n) is 10.3. The molecule has 0 unspecified atom stereocenters. The van der Waals surface area contributed by atoms with Crippen LogP contribution in [-0.2, 0) is 0 Å². The van der Waals surface area contributed by atoms with Crippen LogP contribution in [0.25, 0.3) is 12.2 Å². The Hall–Kier alpha value is -3.58. The summed E-state index contributed by atoms with van der Waals surface area (Å²) in [7, 11) is 2.63. The number of allylic oxidation sites excluding steroid dienone is 4. The van der Waals surface area contributed by atoms with E-state index in [2.05, 4.69) is 39.0 Å². The minimum Gasteiger partial charge on any atom is -0.493 e. The van der Waals surface area contributed by atoms with Gasteiger partial charge < -0.3 is 29.5 Å². The monoisotopic (exact) mass is 594 g/mol. The van der Waals surface area contributed by atoms with E-state index in [0.717, 1.165) is 53.7 Å². The summed E-state index contributed by atoms with van der Waals surface area (Å²) in [5.74, 6) is 2.38. The normalized spacial score (nSPS) is 10.8. The third kappa shape index (κ3) is 17.9. The van der Waals surface area contributed by atoms with Crippen molar-refractivity contribution >= 4 is 12.2 Å². The van der Waals surface area contributed by atoms with Crippen LogP contribution in [0.3, 0.4) is 0 Å². The third-order valence-electron chi connectivity index (χ3n) is 5.99. The molecule has 0 aromatic heterocycles. The first-order valence-corrected chi connectivity index (χ1v) is 14.6. The summed E-state index contributed by atoms with van der Waals surface area (Å²) in [5.41, 5.74) is 8.13. The highest BCUT2D eigenvalue weighted by molar-refractivity contribution is 5.59. The lowest BCUT2D eigenvalue weighted by atomic mass is 10.1. The summed E-state index contributed by atoms with van der Waals surface area (Å²) in [5, 5.41) is 24.6. The number of benzene rings is 2. The van der Waals surface area contributed by atoms with Crippen molar-refractivity contribution < 1.29 is 29.5 Å². The fraction of sp³-hybridized carbons (Fsp3) is 0.405. The van der Waals surface area contributed by atoms with E-state index in [0.29, 0.717) is 19.0 Å². The summed E-state index contributed by atoms with van der Waals surface area (Å²) >= 11 is 0. The molecule has 0 amide bonds. The van der Waals surface area contributed by atoms with Crippen LogP contribution in [-0.4, -0.2) is 56.0 Å². The number of aliphatic hydroxyl groups is 3. The predicted molar refractivity (Wildman–Crippen MR) is 182 cm³/mol. The van der Waals surface area contributed by atoms with Gasteiger partial charge >= 0.3 is 0 Å². The smallest absolute Gasteiger partial charge is 0.164 e. The van der Waals surface area contributed by atoms with Crippen molar-refractivity contribution in [3.8, 4) is 17.2 Å². The molecule has 2 rings (SSSR count). The molecule has 6 nitrogen and oxygen atoms in total. The molecule has 0 saturated carbocycles. The lowest BCUT2D eigenvalue weighted by Gasteiger charge is -2.13. The topological polar surface area (TPSA) is 88.4 Å². The molecule has 0 spiro atoms. The minimum atomic E-state index is 0.0280. The second kappa shape index (κ2) is 23.9. The van der Waals surface area contributed by atoms with Gasteiger partial charge in [-0.15, -0.1) is 0 Å². The number of aliphatic hydroxyl groups excluding tert-OH is 3. The molecular weight excluding hydrogens is 540 g/mol. The standard InChI is InChI=1S/C20H28O2.C16H22O3.CH4O/c1-16(2)7-5-8-17(3)12-14-22-20-11-10-19(9-6-13-21)15-18(20)4;1-12(2)7-9-19-16-13(3)10-14(6-5-8-17)11-15(16)18-4;1-2/h6-7,9-12,15,21H,5,8,13-14H2,1-4H3;5-7,10-11,17H,8-9H2,1-4H3;2H,1H3/b9-6+,17-12+;6-5+;. The second-order valence-corrected chi connectivity index (χ2v) is 10.3. The molecule has 0 saturated heterocycles. The van der Waals surface area contributed by atoms with Crippen molar-refractivity contribution in [1.29, 1.82) is 0 Å². The number of hydrogen-bond acceptors (Lipinski definition) is 6. The Kier molecular flexibility index (Phi) is 21.9. The average Bonchev–Trinajstić information content (AvgIpc) is 2.97. The van der Waals surface area contributed by atoms with E-state index in [4.69, 9.17) is 29.5 Å². The largest absolute Gasteiger partial charge is 0.493 e. The Morgan fingerprint density at radius 2 is 1.28 bits per heavy atom. The molecule has 0 fully saturated rings. The summed E-state index contributed by atoms with van der Waals surface area (Å²) in [4.78, 5) is 0. The molecule has 0 aliphatic heterocycles. The summed E-state index contributed by atoms with van der Waals surface area (Å²) in [6.07, 6.45) is 15.8. The van der Waals surface area contributed by atoms with E-state index in [1.807, 2.05) is 70.2 Å². The molecule has 238 valence electrons. The Labute approximate surface area is 260 Å². The molecule has 2 aromatic rings. The van der Waals surface area contributed by atoms with Crippen molar-refractivity contribution in [2.75, 3.05) is 40.6 Å². The van der Waals surface area contributed by atoms with Gasteiger partial charge in [-0.1, -0.05) is 53.2 Å². The first kappa shape index (κ1) is 39.4. The van der Waals surface area contributed by atoms with Crippen molar-refractivity contribution in [3.05, 3.63) is 99.7 Å². The Morgan fingerprint density at radius 1 is 0.698 bits per heavy atom. The minimum absolute atomic E-state index is 0.0280. The molecule has 43 heavy (non-hydrogen) atoms. The van der Waals surface area contributed by atoms with Crippen molar-refractivity contribution in [3.63, 3.8) is 0 Å². The third-order valence-corrected chi connectivity index (χ3v) is 5.99. The highest BCUT2D eigenvalue weighted by Crippen LogP contribution is 2.33. The van der Waals surface area contributed by atoms with Gasteiger partial charge in [0.05, 0.1) is 20.3 Å². The van der Waals surface area contributed by atoms with Crippen molar-refractivity contribution in [2.45, 2.75) is 61.3 Å². The van der Waals surface area contributed by atoms with Gasteiger partial charge in [0.25, 0.3) is 0 Å². The van der Waals surface area contributed by atoms with Gasteiger partial charge in [0.2, 0.25) is 0 Å². The summed E-state index contributed by atoms with van der Waals surface area (Å²) < 4.78 is 16.9. The average molecular weight is 595 g/mol. The van der Waals surface area contributed by atoms with Crippen LogP contribution in [0.2, 0.25) is 0 Å². The molecule has 0 radical (unpaired) electrons. The van der Waals surface area contributed by atoms with Crippen LogP contribution < -0.4 is 14.2 Å². The highest BCUT2D eigenvalue weighted by Gasteiger charge is 2.09. The highest BCUT2D eigenvalue weighted by atomic mass is 16.5. The van der Waals surface area contributed by atoms with E-state index < -0.39 is 0 Å². The Morgan fingerprint density at radius 3 is 1.84 bits per heavy atom. The molecule has 6 heteroatoms. The molecule has 0 aliphatic rings. The lowest BCUT2D eigenvalue weighted by Crippen LogP contribution is -1.99. The molecule has 0 atom stereocenters. The molecule has 3 N–H and O–H groups in total. The SMILES string of the molecule is CC(C)=CCC/C(C)=C/COc1ccc(/C=C/CO)cc1C.CO.COc1cc(/C=C/CO)cc(C)c1OCC=C(C)C. The van der Waals surface area contributed by atoms with Crippen molar-refractivity contribution in [1.82, 2.24) is 0 Å². The Bertz CT molecular complexity index is 1210. The van der Waals surface area contributed by atoms with E-state index in [1.54, 1.807) is 19.3 Å². The first-order chi connectivity index (χ1) is 20.6. The van der Waals surface area contributed by atoms with Crippen LogP contribution >= 0.6 is 0 Å². The first-order valence-electron chi connectivity index (χ1n) is 14.6. The van der Waals surface area contributed by atoms with Gasteiger partial charge in [-0.25, -0.2) is 0 Å². The molecule has 0 aliphatic carbocycles. The number of ether oxygens (including phenoxy) is 3. The van der Waals surface area contributed by atoms with Gasteiger partial charge in [0.1, 0.15) is 19.0 Å². The zero-order valence-electron chi connectivity index (χ0n) is 27.7. The summed E-state index contributed by atoms with van der Waals surface area (Å²) in [6.45, 7) is 15.7. The Balaban J connectivity index is 0.000000783. The van der Waals surface area contributed by atoms with E-state index >= 15 is 0 Å². The maximum absolute atomic E-state index is 8.80. The van der Waals surface area contributed by atoms with E-state index in [-0.39, 0.29) is 13.2 Å². The molecule has 0 bridgehead atoms. The maximum atomic E-state index is 8.80. The van der Waals surface area contributed by atoms with Gasteiger partial charge in [-0.3, -0.25) is 0 Å². The van der Waals surface area contributed by atoms with E-state index in [1.165, 1.54) is 16.7 Å². The molecule has 0 heterocycles. The fourth-order valence-electron chi connectivity index (χ4n) is 3.77. The zero-order chi connectivity index (χ0) is 32.6. The quantitative estimate of drug-likeness (QED) is 0.192. The van der Waals surface area contributed by atoms with Crippen molar-refractivity contribution in [2.24, 2.45) is 0 Å². The predicted octanol–water partition coefficient (Wildman–Crippen LogP) is 8.03. The molecule has 2 aromatic carbocycles. The van der Waals surface area contributed by atoms with Gasteiger partial charge in [0.15, 0.2) is 11.5 Å². The van der Waals surface area contributed by atoms with Gasteiger partial charge in [-0.05, 0) is 120 Å². The van der Waals surface area contributed by atoms with Crippen LogP contribution in [0.5, 0.6) is 17.2 Å². The van der Waals surface area contributed by atoms with Crippen LogP contribution in [0.1, 0.15) is 69.7 Å². The number of aryl methyl sites for hydroxylation is 2. The molecular formula is C37H54O6. The van der Waals surface area contributed by atoms with Crippen LogP contribution in [0, 0.1) is 13.8 Å². The lowest BCUT2D eigenvalue weighted by molar-refractivity contribution is 0.323. The van der Waals surface area contributed by atoms with E-state index in [9.17, 15) is 0 Å². The zero-order valence-corrected chi connectivity index (χ0v) is 27.7. The van der Waals surface area contributed by atoms with Crippen LogP contribution in [0.4, 0.5) is 0 Å². The maximum Gasteiger partial charge on any atom is 0.164 e. The van der Waals surface area contributed by atoms with Gasteiger partial charge in [0, 0.05) is 7.11 Å². The van der Waals surface area contributed by atoms with Gasteiger partial charge in [-0.2, -0.15) is 0 Å². The number of hydrogen-bond donors (Lipinski definition) is 3. The summed E-state index contributed by atoms with van der Waals surface area (Å²) in [6, 6.07) is 9.95. The van der Waals surface area contributed by atoms with Crippen LogP contribution in [0.15, 0.2) is 77.4 Å².